The van der Waals surface area contributed by atoms with E-state index in [1.165, 1.54) is 16.8 Å². The Labute approximate surface area is 210 Å². The first kappa shape index (κ1) is 26.7. The van der Waals surface area contributed by atoms with Crippen molar-refractivity contribution in [2.75, 3.05) is 84.6 Å². The molecule has 8 nitrogen and oxygen atoms in total. The Morgan fingerprint density at radius 2 is 1.78 bits per heavy atom. The molecule has 0 radical (unpaired) electrons. The minimum Gasteiger partial charge on any atom is -0.378 e. The molecule has 0 bridgehead atoms. The van der Waals surface area contributed by atoms with Crippen LogP contribution in [0.4, 0.5) is 5.69 Å². The van der Waals surface area contributed by atoms with Crippen LogP contribution in [0.2, 0.25) is 0 Å². The molecule has 9 heteroatoms. The number of ether oxygens (including phenoxy) is 1. The second-order valence-electron chi connectivity index (χ2n) is 8.43. The zero-order chi connectivity index (χ0) is 22.2. The fourth-order valence-electron chi connectivity index (χ4n) is 3.94. The van der Waals surface area contributed by atoms with Gasteiger partial charge in [-0.15, -0.1) is 24.0 Å². The van der Waals surface area contributed by atoms with E-state index in [4.69, 9.17) is 9.73 Å². The molecule has 2 fully saturated rings. The third-order valence-electron chi connectivity index (χ3n) is 5.97. The minimum atomic E-state index is 0. The van der Waals surface area contributed by atoms with Crippen molar-refractivity contribution in [2.24, 2.45) is 4.99 Å². The lowest BCUT2D eigenvalue weighted by atomic mass is 10.1. The van der Waals surface area contributed by atoms with E-state index in [1.807, 2.05) is 4.90 Å². The highest BCUT2D eigenvalue weighted by atomic mass is 127. The van der Waals surface area contributed by atoms with Crippen molar-refractivity contribution in [3.63, 3.8) is 0 Å². The minimum absolute atomic E-state index is 0. The van der Waals surface area contributed by atoms with Gasteiger partial charge in [0.15, 0.2) is 5.96 Å². The van der Waals surface area contributed by atoms with E-state index in [9.17, 15) is 4.79 Å². The fraction of sp³-hybridized carbons (Fsp3) is 0.652. The molecule has 2 aliphatic rings. The summed E-state index contributed by atoms with van der Waals surface area (Å²) in [5.74, 6) is 1.17. The highest BCUT2D eigenvalue weighted by Crippen LogP contribution is 2.18. The number of nitrogens with one attached hydrogen (secondary N) is 1. The van der Waals surface area contributed by atoms with Gasteiger partial charge in [-0.05, 0) is 37.1 Å². The summed E-state index contributed by atoms with van der Waals surface area (Å²) >= 11 is 0. The van der Waals surface area contributed by atoms with Gasteiger partial charge in [0, 0.05) is 65.6 Å². The number of rotatable bonds is 6. The smallest absolute Gasteiger partial charge is 0.236 e. The Morgan fingerprint density at radius 3 is 2.38 bits per heavy atom. The van der Waals surface area contributed by atoms with Gasteiger partial charge >= 0.3 is 0 Å². The van der Waals surface area contributed by atoms with Gasteiger partial charge in [0.2, 0.25) is 5.91 Å². The molecule has 1 amide bonds. The quantitative estimate of drug-likeness (QED) is 0.326. The number of halogens is 1. The molecule has 0 unspecified atom stereocenters. The summed E-state index contributed by atoms with van der Waals surface area (Å²) in [6.45, 7) is 12.5. The zero-order valence-electron chi connectivity index (χ0n) is 20.0. The summed E-state index contributed by atoms with van der Waals surface area (Å²) in [6, 6.07) is 6.53. The second kappa shape index (κ2) is 13.2. The first-order chi connectivity index (χ1) is 15.0. The third kappa shape index (κ3) is 7.48. The molecule has 0 aromatic heterocycles. The van der Waals surface area contributed by atoms with E-state index < -0.39 is 0 Å². The van der Waals surface area contributed by atoms with Gasteiger partial charge in [-0.3, -0.25) is 9.69 Å². The number of carbonyl (C=O) groups excluding carboxylic acids is 1. The van der Waals surface area contributed by atoms with Crippen molar-refractivity contribution in [3.05, 3.63) is 29.3 Å². The van der Waals surface area contributed by atoms with Gasteiger partial charge in [0.05, 0.1) is 26.3 Å². The lowest BCUT2D eigenvalue weighted by molar-refractivity contribution is -0.136. The van der Waals surface area contributed by atoms with Crippen LogP contribution >= 0.6 is 24.0 Å². The van der Waals surface area contributed by atoms with Crippen LogP contribution in [0.3, 0.4) is 0 Å². The van der Waals surface area contributed by atoms with Crippen molar-refractivity contribution in [3.8, 4) is 0 Å². The molecule has 1 aromatic rings. The average Bonchev–Trinajstić information content (AvgIpc) is 2.78. The average molecular weight is 559 g/mol. The largest absolute Gasteiger partial charge is 0.378 e. The maximum absolute atomic E-state index is 12.5. The second-order valence-corrected chi connectivity index (χ2v) is 8.43. The number of benzene rings is 1. The first-order valence-electron chi connectivity index (χ1n) is 11.4. The van der Waals surface area contributed by atoms with Crippen LogP contribution in [0.25, 0.3) is 0 Å². The first-order valence-corrected chi connectivity index (χ1v) is 11.4. The van der Waals surface area contributed by atoms with Crippen molar-refractivity contribution in [1.29, 1.82) is 0 Å². The molecular weight excluding hydrogens is 519 g/mol. The van der Waals surface area contributed by atoms with Crippen LogP contribution in [0, 0.1) is 6.92 Å². The zero-order valence-corrected chi connectivity index (χ0v) is 22.3. The Balaban J connectivity index is 0.00000363. The summed E-state index contributed by atoms with van der Waals surface area (Å²) < 4.78 is 5.35. The number of amides is 1. The summed E-state index contributed by atoms with van der Waals surface area (Å²) in [5, 5.41) is 3.44. The molecule has 2 aliphatic heterocycles. The number of aliphatic imine (C=N–C) groups is 1. The molecule has 180 valence electrons. The van der Waals surface area contributed by atoms with Gasteiger partial charge in [-0.1, -0.05) is 6.07 Å². The van der Waals surface area contributed by atoms with Gasteiger partial charge < -0.3 is 24.8 Å². The van der Waals surface area contributed by atoms with Crippen LogP contribution < -0.4 is 10.2 Å². The third-order valence-corrected chi connectivity index (χ3v) is 5.97. The Hall–Kier alpha value is -1.59. The summed E-state index contributed by atoms with van der Waals surface area (Å²) in [5.41, 5.74) is 3.72. The highest BCUT2D eigenvalue weighted by molar-refractivity contribution is 14.0. The fourth-order valence-corrected chi connectivity index (χ4v) is 3.94. The van der Waals surface area contributed by atoms with Crippen LogP contribution in [-0.4, -0.2) is 106 Å². The van der Waals surface area contributed by atoms with Crippen LogP contribution in [-0.2, 0) is 16.1 Å². The molecule has 3 rings (SSSR count). The molecule has 32 heavy (non-hydrogen) atoms. The van der Waals surface area contributed by atoms with E-state index in [-0.39, 0.29) is 29.9 Å². The monoisotopic (exact) mass is 558 g/mol. The lowest BCUT2D eigenvalue weighted by Gasteiger charge is -2.37. The van der Waals surface area contributed by atoms with E-state index >= 15 is 0 Å². The van der Waals surface area contributed by atoms with Crippen LogP contribution in [0.5, 0.6) is 0 Å². The topological polar surface area (TPSA) is 63.7 Å². The molecule has 1 aromatic carbocycles. The molecule has 0 aliphatic carbocycles. The molecular formula is C23H39IN6O2. The van der Waals surface area contributed by atoms with E-state index in [1.54, 1.807) is 0 Å². The maximum atomic E-state index is 12.5. The predicted molar refractivity (Wildman–Crippen MR) is 141 cm³/mol. The van der Waals surface area contributed by atoms with Crippen molar-refractivity contribution >= 4 is 41.5 Å². The Morgan fingerprint density at radius 1 is 1.09 bits per heavy atom. The standard InChI is InChI=1S/C23H38N6O2.HI/c1-5-24-23(25-17-20-6-7-21(26(3)4)16-19(20)2)29-10-8-27(9-11-29)18-22(30)28-12-14-31-15-13-28;/h6-7,16H,5,8-15,17-18H2,1-4H3,(H,24,25);1H. The SMILES string of the molecule is CCNC(=NCc1ccc(N(C)C)cc1C)N1CCN(CC(=O)N2CCOCC2)CC1.I. The van der Waals surface area contributed by atoms with E-state index in [0.29, 0.717) is 39.4 Å². The maximum Gasteiger partial charge on any atom is 0.236 e. The van der Waals surface area contributed by atoms with Gasteiger partial charge in [0.25, 0.3) is 0 Å². The van der Waals surface area contributed by atoms with Crippen molar-refractivity contribution < 1.29 is 9.53 Å². The number of aryl methyl sites for hydroxylation is 1. The van der Waals surface area contributed by atoms with Crippen molar-refractivity contribution in [2.45, 2.75) is 20.4 Å². The predicted octanol–water partition coefficient (Wildman–Crippen LogP) is 1.62. The molecule has 1 N–H and O–H groups in total. The molecule has 0 saturated carbocycles. The van der Waals surface area contributed by atoms with Gasteiger partial charge in [-0.25, -0.2) is 4.99 Å². The van der Waals surface area contributed by atoms with Crippen molar-refractivity contribution in [1.82, 2.24) is 20.0 Å². The van der Waals surface area contributed by atoms with Crippen LogP contribution in [0.15, 0.2) is 23.2 Å². The molecule has 0 atom stereocenters. The Kier molecular flexibility index (Phi) is 11.0. The van der Waals surface area contributed by atoms with Gasteiger partial charge in [0.1, 0.15) is 0 Å². The van der Waals surface area contributed by atoms with Gasteiger partial charge in [-0.2, -0.15) is 0 Å². The number of anilines is 1. The Bertz CT molecular complexity index is 759. The summed E-state index contributed by atoms with van der Waals surface area (Å²) in [4.78, 5) is 26.0. The van der Waals surface area contributed by atoms with E-state index in [0.717, 1.165) is 38.7 Å². The number of hydrogen-bond acceptors (Lipinski definition) is 5. The lowest BCUT2D eigenvalue weighted by Crippen LogP contribution is -2.54. The number of carbonyl (C=O) groups is 1. The summed E-state index contributed by atoms with van der Waals surface area (Å²) in [6.07, 6.45) is 0. The molecule has 0 spiro atoms. The molecule has 2 heterocycles. The van der Waals surface area contributed by atoms with Crippen LogP contribution in [0.1, 0.15) is 18.1 Å². The highest BCUT2D eigenvalue weighted by Gasteiger charge is 2.24. The summed E-state index contributed by atoms with van der Waals surface area (Å²) in [7, 11) is 4.12. The number of nitrogens with zero attached hydrogens (tertiary/aromatic N) is 5. The normalized spacial score (nSPS) is 17.7. The molecule has 2 saturated heterocycles. The van der Waals surface area contributed by atoms with E-state index in [2.05, 4.69) is 66.2 Å². The number of hydrogen-bond donors (Lipinski definition) is 1. The number of morpholine rings is 1. The number of guanidine groups is 1. The number of piperazine rings is 1.